The van der Waals surface area contributed by atoms with E-state index in [1.54, 1.807) is 12.3 Å². The smallest absolute Gasteiger partial charge is 0.252 e. The van der Waals surface area contributed by atoms with E-state index in [1.807, 2.05) is 37.3 Å². The van der Waals surface area contributed by atoms with Gasteiger partial charge in [0.2, 0.25) is 5.78 Å². The van der Waals surface area contributed by atoms with E-state index in [9.17, 15) is 9.59 Å². The summed E-state index contributed by atoms with van der Waals surface area (Å²) in [7, 11) is 0. The Kier molecular flexibility index (Phi) is 5.50. The van der Waals surface area contributed by atoms with Crippen molar-refractivity contribution < 1.29 is 9.59 Å². The number of Topliss-reactive ketones (excluding diaryl/α,β-unsaturated/α-hetero) is 1. The van der Waals surface area contributed by atoms with Crippen molar-refractivity contribution in [1.82, 2.24) is 10.3 Å². The largest absolute Gasteiger partial charge is 0.339 e. The molecule has 1 aliphatic rings. The molecule has 0 aliphatic heterocycles. The van der Waals surface area contributed by atoms with Crippen LogP contribution in [0.2, 0.25) is 0 Å². The molecule has 1 N–H and O–H groups in total. The van der Waals surface area contributed by atoms with Crippen molar-refractivity contribution in [2.45, 2.75) is 57.9 Å². The molecule has 0 unspecified atom stereocenters. The van der Waals surface area contributed by atoms with Crippen LogP contribution in [0.3, 0.4) is 0 Å². The van der Waals surface area contributed by atoms with E-state index in [1.165, 1.54) is 5.56 Å². The van der Waals surface area contributed by atoms with Gasteiger partial charge in [-0.15, -0.1) is 0 Å². The lowest BCUT2D eigenvalue weighted by molar-refractivity contribution is 0.0710. The fourth-order valence-corrected chi connectivity index (χ4v) is 3.59. The second-order valence-electron chi connectivity index (χ2n) is 7.20. The van der Waals surface area contributed by atoms with Crippen molar-refractivity contribution >= 4 is 11.7 Å². The standard InChI is InChI=1S/C22H26N2O2/c1-3-17-8-10-18(11-9-17)21(26)24-22(13-5-4-6-14-22)20(25)19-12-7-16(2)15-23-19/h7-12,15H,3-6,13-14H2,1-2H3,(H,24,26). The van der Waals surface area contributed by atoms with Gasteiger partial charge in [-0.25, -0.2) is 0 Å². The van der Waals surface area contributed by atoms with Crippen LogP contribution in [0.15, 0.2) is 42.6 Å². The molecule has 1 aliphatic carbocycles. The minimum atomic E-state index is -0.846. The van der Waals surface area contributed by atoms with E-state index in [0.717, 1.165) is 31.2 Å². The summed E-state index contributed by atoms with van der Waals surface area (Å²) in [6, 6.07) is 11.2. The third-order valence-electron chi connectivity index (χ3n) is 5.26. The molecule has 2 aromatic rings. The van der Waals surface area contributed by atoms with Crippen LogP contribution in [0, 0.1) is 6.92 Å². The van der Waals surface area contributed by atoms with E-state index in [0.29, 0.717) is 24.1 Å². The second-order valence-corrected chi connectivity index (χ2v) is 7.20. The minimum Gasteiger partial charge on any atom is -0.339 e. The number of hydrogen-bond donors (Lipinski definition) is 1. The first kappa shape index (κ1) is 18.3. The van der Waals surface area contributed by atoms with E-state index < -0.39 is 5.54 Å². The van der Waals surface area contributed by atoms with E-state index in [2.05, 4.69) is 17.2 Å². The number of nitrogens with one attached hydrogen (secondary N) is 1. The van der Waals surface area contributed by atoms with Crippen LogP contribution in [-0.2, 0) is 6.42 Å². The summed E-state index contributed by atoms with van der Waals surface area (Å²) in [4.78, 5) is 30.3. The zero-order valence-electron chi connectivity index (χ0n) is 15.5. The molecular formula is C22H26N2O2. The molecular weight excluding hydrogens is 324 g/mol. The molecule has 1 fully saturated rings. The summed E-state index contributed by atoms with van der Waals surface area (Å²) in [5, 5.41) is 3.07. The number of aryl methyl sites for hydroxylation is 2. The minimum absolute atomic E-state index is 0.0734. The average molecular weight is 350 g/mol. The number of nitrogens with zero attached hydrogens (tertiary/aromatic N) is 1. The molecule has 4 nitrogen and oxygen atoms in total. The number of rotatable bonds is 5. The zero-order valence-corrected chi connectivity index (χ0v) is 15.5. The van der Waals surface area contributed by atoms with Crippen LogP contribution in [0.1, 0.15) is 71.0 Å². The van der Waals surface area contributed by atoms with Gasteiger partial charge >= 0.3 is 0 Å². The quantitative estimate of drug-likeness (QED) is 0.819. The molecule has 0 spiro atoms. The van der Waals surface area contributed by atoms with Crippen LogP contribution in [0.4, 0.5) is 0 Å². The van der Waals surface area contributed by atoms with Gasteiger partial charge in [0.1, 0.15) is 11.2 Å². The Bertz CT molecular complexity index is 773. The Labute approximate surface area is 155 Å². The lowest BCUT2D eigenvalue weighted by atomic mass is 9.77. The number of pyridine rings is 1. The van der Waals surface area contributed by atoms with Crippen molar-refractivity contribution in [3.05, 3.63) is 65.0 Å². The molecule has 1 aromatic heterocycles. The highest BCUT2D eigenvalue weighted by atomic mass is 16.2. The number of amides is 1. The highest BCUT2D eigenvalue weighted by Crippen LogP contribution is 2.31. The van der Waals surface area contributed by atoms with Gasteiger partial charge in [0, 0.05) is 11.8 Å². The van der Waals surface area contributed by atoms with Crippen LogP contribution in [-0.4, -0.2) is 22.2 Å². The number of hydrogen-bond acceptors (Lipinski definition) is 3. The molecule has 0 radical (unpaired) electrons. The number of ketones is 1. The van der Waals surface area contributed by atoms with Gasteiger partial charge in [0.15, 0.2) is 0 Å². The predicted octanol–water partition coefficient (Wildman–Crippen LogP) is 4.27. The maximum atomic E-state index is 13.2. The summed E-state index contributed by atoms with van der Waals surface area (Å²) in [6.45, 7) is 4.03. The Morgan fingerprint density at radius 1 is 1.04 bits per heavy atom. The van der Waals surface area contributed by atoms with Crippen molar-refractivity contribution in [2.75, 3.05) is 0 Å². The van der Waals surface area contributed by atoms with Crippen molar-refractivity contribution in [1.29, 1.82) is 0 Å². The summed E-state index contributed by atoms with van der Waals surface area (Å²) < 4.78 is 0. The summed E-state index contributed by atoms with van der Waals surface area (Å²) in [5.74, 6) is -0.259. The third-order valence-corrected chi connectivity index (χ3v) is 5.26. The first-order valence-electron chi connectivity index (χ1n) is 9.43. The highest BCUT2D eigenvalue weighted by molar-refractivity contribution is 6.06. The fraction of sp³-hybridized carbons (Fsp3) is 0.409. The Balaban J connectivity index is 1.85. The van der Waals surface area contributed by atoms with E-state index in [4.69, 9.17) is 0 Å². The van der Waals surface area contributed by atoms with Gasteiger partial charge < -0.3 is 5.32 Å². The van der Waals surface area contributed by atoms with Crippen molar-refractivity contribution in [3.63, 3.8) is 0 Å². The maximum absolute atomic E-state index is 13.2. The average Bonchev–Trinajstić information content (AvgIpc) is 2.69. The fourth-order valence-electron chi connectivity index (χ4n) is 3.59. The van der Waals surface area contributed by atoms with Gasteiger partial charge in [-0.1, -0.05) is 44.4 Å². The van der Waals surface area contributed by atoms with E-state index in [-0.39, 0.29) is 11.7 Å². The molecule has 1 amide bonds. The topological polar surface area (TPSA) is 59.1 Å². The van der Waals surface area contributed by atoms with Crippen LogP contribution < -0.4 is 5.32 Å². The molecule has 4 heteroatoms. The molecule has 0 bridgehead atoms. The van der Waals surface area contributed by atoms with Gasteiger partial charge in [0.05, 0.1) is 0 Å². The maximum Gasteiger partial charge on any atom is 0.252 e. The van der Waals surface area contributed by atoms with Gasteiger partial charge in [0.25, 0.3) is 5.91 Å². The van der Waals surface area contributed by atoms with E-state index >= 15 is 0 Å². The van der Waals surface area contributed by atoms with Crippen LogP contribution in [0.5, 0.6) is 0 Å². The Hall–Kier alpha value is -2.49. The number of benzene rings is 1. The van der Waals surface area contributed by atoms with Crippen LogP contribution in [0.25, 0.3) is 0 Å². The lowest BCUT2D eigenvalue weighted by Gasteiger charge is -2.36. The Morgan fingerprint density at radius 2 is 1.73 bits per heavy atom. The van der Waals surface area contributed by atoms with Crippen LogP contribution >= 0.6 is 0 Å². The second kappa shape index (κ2) is 7.81. The summed E-state index contributed by atoms with van der Waals surface area (Å²) in [6.07, 6.45) is 6.94. The molecule has 1 saturated carbocycles. The highest BCUT2D eigenvalue weighted by Gasteiger charge is 2.41. The molecule has 3 rings (SSSR count). The molecule has 136 valence electrons. The summed E-state index contributed by atoms with van der Waals surface area (Å²) in [5.41, 5.74) is 2.38. The SMILES string of the molecule is CCc1ccc(C(=O)NC2(C(=O)c3ccc(C)cn3)CCCCC2)cc1. The number of aromatic nitrogens is 1. The first-order chi connectivity index (χ1) is 12.5. The molecule has 0 atom stereocenters. The predicted molar refractivity (Wildman–Crippen MR) is 102 cm³/mol. The summed E-state index contributed by atoms with van der Waals surface area (Å²) >= 11 is 0. The molecule has 1 heterocycles. The normalized spacial score (nSPS) is 16.1. The first-order valence-corrected chi connectivity index (χ1v) is 9.43. The zero-order chi connectivity index (χ0) is 18.6. The van der Waals surface area contributed by atoms with Gasteiger partial charge in [-0.05, 0) is 55.5 Å². The van der Waals surface area contributed by atoms with Crippen molar-refractivity contribution in [2.24, 2.45) is 0 Å². The van der Waals surface area contributed by atoms with Gasteiger partial charge in [-0.3, -0.25) is 14.6 Å². The Morgan fingerprint density at radius 3 is 2.31 bits per heavy atom. The van der Waals surface area contributed by atoms with Gasteiger partial charge in [-0.2, -0.15) is 0 Å². The molecule has 26 heavy (non-hydrogen) atoms. The molecule has 1 aromatic carbocycles. The monoisotopic (exact) mass is 350 g/mol. The lowest BCUT2D eigenvalue weighted by Crippen LogP contribution is -2.55. The molecule has 0 saturated heterocycles. The third kappa shape index (κ3) is 3.85. The number of carbonyl (C=O) groups is 2. The number of carbonyl (C=O) groups excluding carboxylic acids is 2. The van der Waals surface area contributed by atoms with Crippen molar-refractivity contribution in [3.8, 4) is 0 Å².